The van der Waals surface area contributed by atoms with Gasteiger partial charge in [0.15, 0.2) is 0 Å². The largest absolute Gasteiger partial charge is 0.341 e. The molecule has 1 N–H and O–H groups in total. The molecule has 1 saturated heterocycles. The molecule has 1 unspecified atom stereocenters. The number of amides is 1. The minimum Gasteiger partial charge on any atom is -0.341 e. The highest BCUT2D eigenvalue weighted by atomic mass is 35.5. The van der Waals surface area contributed by atoms with Crippen molar-refractivity contribution in [2.75, 3.05) is 23.3 Å². The first-order valence-corrected chi connectivity index (χ1v) is 9.05. The van der Waals surface area contributed by atoms with Crippen LogP contribution in [0.1, 0.15) is 35.9 Å². The Kier molecular flexibility index (Phi) is 5.45. The second kappa shape index (κ2) is 7.58. The van der Waals surface area contributed by atoms with Crippen molar-refractivity contribution in [2.45, 2.75) is 26.7 Å². The number of halogens is 2. The topological polar surface area (TPSA) is 58.1 Å². The van der Waals surface area contributed by atoms with E-state index in [-0.39, 0.29) is 5.91 Å². The van der Waals surface area contributed by atoms with Gasteiger partial charge in [-0.2, -0.15) is 0 Å². The Labute approximate surface area is 157 Å². The molecule has 7 heteroatoms. The average molecular weight is 379 g/mol. The molecular formula is C18H20Cl2N4O. The van der Waals surface area contributed by atoms with E-state index in [9.17, 15) is 4.79 Å². The van der Waals surface area contributed by atoms with E-state index in [4.69, 9.17) is 23.2 Å². The fourth-order valence-corrected chi connectivity index (χ4v) is 3.41. The number of rotatable bonds is 3. The van der Waals surface area contributed by atoms with E-state index in [1.165, 1.54) is 6.42 Å². The Morgan fingerprint density at radius 3 is 2.80 bits per heavy atom. The zero-order valence-corrected chi connectivity index (χ0v) is 15.7. The predicted octanol–water partition coefficient (Wildman–Crippen LogP) is 4.58. The van der Waals surface area contributed by atoms with Crippen LogP contribution in [0.3, 0.4) is 0 Å². The third-order valence-electron chi connectivity index (χ3n) is 4.19. The van der Waals surface area contributed by atoms with Crippen LogP contribution in [0.25, 0.3) is 0 Å². The molecule has 132 valence electrons. The quantitative estimate of drug-likeness (QED) is 0.848. The van der Waals surface area contributed by atoms with Gasteiger partial charge in [0.2, 0.25) is 5.95 Å². The lowest BCUT2D eigenvalue weighted by molar-refractivity contribution is 0.102. The minimum atomic E-state index is -0.318. The zero-order chi connectivity index (χ0) is 18.0. The number of piperidine rings is 1. The van der Waals surface area contributed by atoms with Gasteiger partial charge in [-0.1, -0.05) is 30.1 Å². The number of aryl methyl sites for hydroxylation is 1. The lowest BCUT2D eigenvalue weighted by Gasteiger charge is -2.31. The van der Waals surface area contributed by atoms with Crippen molar-refractivity contribution in [1.82, 2.24) is 9.97 Å². The standard InChI is InChI=1S/C18H20Cl2N4O/c1-11-4-3-7-24(10-11)18-21-12(2)8-16(23-18)17(25)22-15-6-5-13(19)9-14(15)20/h5-6,8-9,11H,3-4,7,10H2,1-2H3,(H,22,25). The van der Waals surface area contributed by atoms with Gasteiger partial charge in [0.05, 0.1) is 10.7 Å². The second-order valence-corrected chi connectivity index (χ2v) is 7.31. The van der Waals surface area contributed by atoms with Gasteiger partial charge in [0.25, 0.3) is 5.91 Å². The summed E-state index contributed by atoms with van der Waals surface area (Å²) in [6, 6.07) is 6.61. The summed E-state index contributed by atoms with van der Waals surface area (Å²) >= 11 is 12.0. The first-order valence-electron chi connectivity index (χ1n) is 8.29. The molecule has 0 radical (unpaired) electrons. The Bertz CT molecular complexity index is 797. The van der Waals surface area contributed by atoms with Gasteiger partial charge in [-0.25, -0.2) is 9.97 Å². The van der Waals surface area contributed by atoms with E-state index in [0.717, 1.165) is 25.2 Å². The fraction of sp³-hybridized carbons (Fsp3) is 0.389. The molecule has 0 spiro atoms. The molecule has 0 saturated carbocycles. The summed E-state index contributed by atoms with van der Waals surface area (Å²) in [5.41, 5.74) is 1.59. The van der Waals surface area contributed by atoms with Crippen molar-refractivity contribution in [3.8, 4) is 0 Å². The molecule has 1 aliphatic rings. The number of benzene rings is 1. The second-order valence-electron chi connectivity index (χ2n) is 6.47. The van der Waals surface area contributed by atoms with Crippen LogP contribution in [0.5, 0.6) is 0 Å². The van der Waals surface area contributed by atoms with E-state index in [0.29, 0.717) is 33.3 Å². The van der Waals surface area contributed by atoms with Gasteiger partial charge in [-0.15, -0.1) is 0 Å². The molecule has 1 aromatic carbocycles. The molecule has 0 bridgehead atoms. The first kappa shape index (κ1) is 18.0. The number of nitrogens with one attached hydrogen (secondary N) is 1. The Morgan fingerprint density at radius 2 is 2.08 bits per heavy atom. The highest BCUT2D eigenvalue weighted by molar-refractivity contribution is 6.36. The maximum Gasteiger partial charge on any atom is 0.274 e. The number of aromatic nitrogens is 2. The van der Waals surface area contributed by atoms with E-state index in [1.54, 1.807) is 24.3 Å². The lowest BCUT2D eigenvalue weighted by atomic mass is 10.0. The Hall–Kier alpha value is -1.85. The van der Waals surface area contributed by atoms with Crippen molar-refractivity contribution < 1.29 is 4.79 Å². The highest BCUT2D eigenvalue weighted by Crippen LogP contribution is 2.26. The van der Waals surface area contributed by atoms with Crippen molar-refractivity contribution in [3.63, 3.8) is 0 Å². The summed E-state index contributed by atoms with van der Waals surface area (Å²) in [6.45, 7) is 5.91. The molecule has 2 aromatic rings. The van der Waals surface area contributed by atoms with Crippen LogP contribution in [0.2, 0.25) is 10.0 Å². The van der Waals surface area contributed by atoms with E-state index in [2.05, 4.69) is 27.1 Å². The molecule has 1 amide bonds. The molecule has 2 heterocycles. The maximum absolute atomic E-state index is 12.6. The van der Waals surface area contributed by atoms with Crippen LogP contribution in [0.4, 0.5) is 11.6 Å². The van der Waals surface area contributed by atoms with E-state index >= 15 is 0 Å². The minimum absolute atomic E-state index is 0.318. The van der Waals surface area contributed by atoms with Crippen LogP contribution in [0, 0.1) is 12.8 Å². The Balaban J connectivity index is 1.82. The maximum atomic E-state index is 12.6. The van der Waals surface area contributed by atoms with Crippen molar-refractivity contribution >= 4 is 40.7 Å². The van der Waals surface area contributed by atoms with Crippen molar-refractivity contribution in [1.29, 1.82) is 0 Å². The van der Waals surface area contributed by atoms with Crippen LogP contribution in [-0.2, 0) is 0 Å². The molecule has 3 rings (SSSR count). The average Bonchev–Trinajstić information content (AvgIpc) is 2.57. The first-order chi connectivity index (χ1) is 11.9. The number of nitrogens with zero attached hydrogens (tertiary/aromatic N) is 3. The van der Waals surface area contributed by atoms with Crippen LogP contribution in [0.15, 0.2) is 24.3 Å². The summed E-state index contributed by atoms with van der Waals surface area (Å²) in [5, 5.41) is 3.68. The molecule has 1 aliphatic heterocycles. The summed E-state index contributed by atoms with van der Waals surface area (Å²) < 4.78 is 0. The SMILES string of the molecule is Cc1cc(C(=O)Nc2ccc(Cl)cc2Cl)nc(N2CCCC(C)C2)n1. The van der Waals surface area contributed by atoms with E-state index in [1.807, 2.05) is 6.92 Å². The van der Waals surface area contributed by atoms with Gasteiger partial charge in [-0.3, -0.25) is 4.79 Å². The summed E-state index contributed by atoms with van der Waals surface area (Å²) in [6.07, 6.45) is 2.32. The molecule has 25 heavy (non-hydrogen) atoms. The van der Waals surface area contributed by atoms with Gasteiger partial charge in [0, 0.05) is 23.8 Å². The van der Waals surface area contributed by atoms with Crippen molar-refractivity contribution in [2.24, 2.45) is 5.92 Å². The monoisotopic (exact) mass is 378 g/mol. The van der Waals surface area contributed by atoms with Gasteiger partial charge in [0.1, 0.15) is 5.69 Å². The van der Waals surface area contributed by atoms with Gasteiger partial charge >= 0.3 is 0 Å². The summed E-state index contributed by atoms with van der Waals surface area (Å²) in [5.74, 6) is 0.892. The zero-order valence-electron chi connectivity index (χ0n) is 14.2. The van der Waals surface area contributed by atoms with Gasteiger partial charge < -0.3 is 10.2 Å². The molecular weight excluding hydrogens is 359 g/mol. The summed E-state index contributed by atoms with van der Waals surface area (Å²) in [7, 11) is 0. The van der Waals surface area contributed by atoms with Crippen molar-refractivity contribution in [3.05, 3.63) is 45.7 Å². The number of anilines is 2. The number of carbonyl (C=O) groups is 1. The predicted molar refractivity (Wildman–Crippen MR) is 102 cm³/mol. The molecule has 1 aromatic heterocycles. The third kappa shape index (κ3) is 4.41. The summed E-state index contributed by atoms with van der Waals surface area (Å²) in [4.78, 5) is 23.7. The normalized spacial score (nSPS) is 17.4. The smallest absolute Gasteiger partial charge is 0.274 e. The fourth-order valence-electron chi connectivity index (χ4n) is 2.96. The highest BCUT2D eigenvalue weighted by Gasteiger charge is 2.21. The van der Waals surface area contributed by atoms with Crippen LogP contribution in [-0.4, -0.2) is 29.0 Å². The number of hydrogen-bond acceptors (Lipinski definition) is 4. The number of hydrogen-bond donors (Lipinski definition) is 1. The number of carbonyl (C=O) groups excluding carboxylic acids is 1. The van der Waals surface area contributed by atoms with Crippen LogP contribution < -0.4 is 10.2 Å². The lowest BCUT2D eigenvalue weighted by Crippen LogP contribution is -2.36. The van der Waals surface area contributed by atoms with Crippen LogP contribution >= 0.6 is 23.2 Å². The third-order valence-corrected chi connectivity index (χ3v) is 4.74. The Morgan fingerprint density at radius 1 is 1.28 bits per heavy atom. The molecule has 0 aliphatic carbocycles. The molecule has 5 nitrogen and oxygen atoms in total. The van der Waals surface area contributed by atoms with E-state index < -0.39 is 0 Å². The van der Waals surface area contributed by atoms with Gasteiger partial charge in [-0.05, 0) is 49.9 Å². The molecule has 1 fully saturated rings. The molecule has 1 atom stereocenters.